The first kappa shape index (κ1) is 23.7. The predicted molar refractivity (Wildman–Crippen MR) is 146 cm³/mol. The first-order valence-electron chi connectivity index (χ1n) is 12.4. The second kappa shape index (κ2) is 10.0. The van der Waals surface area contributed by atoms with Gasteiger partial charge in [0.15, 0.2) is 0 Å². The molecule has 0 spiro atoms. The van der Waals surface area contributed by atoms with Gasteiger partial charge in [-0.15, -0.1) is 11.8 Å². The number of allylic oxidation sites excluding steroid dienone is 1. The molecule has 7 heteroatoms. The lowest BCUT2D eigenvalue weighted by molar-refractivity contribution is 0.0727. The topological polar surface area (TPSA) is 33.4 Å². The highest BCUT2D eigenvalue weighted by atomic mass is 35.5. The van der Waals surface area contributed by atoms with Crippen molar-refractivity contribution in [2.24, 2.45) is 5.92 Å². The molecule has 0 atom stereocenters. The van der Waals surface area contributed by atoms with Crippen LogP contribution in [-0.2, 0) is 13.0 Å². The Balaban J connectivity index is 1.46. The van der Waals surface area contributed by atoms with E-state index in [-0.39, 0.29) is 12.6 Å². The van der Waals surface area contributed by atoms with Crippen LogP contribution in [0.4, 0.5) is 4.39 Å². The Morgan fingerprint density at radius 2 is 2.00 bits per heavy atom. The summed E-state index contributed by atoms with van der Waals surface area (Å²) in [7, 11) is 0. The fourth-order valence-electron chi connectivity index (χ4n) is 5.51. The summed E-state index contributed by atoms with van der Waals surface area (Å²) in [5.74, 6) is 0.181. The number of hydrogen-bond acceptors (Lipinski definition) is 4. The molecule has 4 heterocycles. The molecule has 0 N–H and O–H groups in total. The minimum Gasteiger partial charge on any atom is -0.307 e. The monoisotopic (exact) mass is 518 g/mol. The summed E-state index contributed by atoms with van der Waals surface area (Å²) in [6.07, 6.45) is 12.9. The molecule has 3 aromatic heterocycles. The van der Waals surface area contributed by atoms with Gasteiger partial charge >= 0.3 is 0 Å². The predicted octanol–water partition coefficient (Wildman–Crippen LogP) is 6.80. The molecule has 0 radical (unpaired) electrons. The van der Waals surface area contributed by atoms with Crippen molar-refractivity contribution in [3.8, 4) is 0 Å². The van der Waals surface area contributed by atoms with Crippen molar-refractivity contribution in [1.82, 2.24) is 19.3 Å². The largest absolute Gasteiger partial charge is 0.307 e. The zero-order valence-electron chi connectivity index (χ0n) is 20.3. The Labute approximate surface area is 220 Å². The van der Waals surface area contributed by atoms with Crippen LogP contribution >= 0.6 is 23.4 Å². The van der Waals surface area contributed by atoms with Crippen LogP contribution in [0.5, 0.6) is 0 Å². The third-order valence-electron chi connectivity index (χ3n) is 7.29. The Hall–Kier alpha value is -2.67. The fraction of sp³-hybridized carbons (Fsp3) is 0.310. The van der Waals surface area contributed by atoms with Crippen molar-refractivity contribution < 1.29 is 4.39 Å². The standard InChI is InChI=1S/C29H28ClFN4S/c1-36-23-5-6-24-20(11-23)3-2-4-26(25-7-9-32-14-27(25)30)29(24)21-8-10-35-18-22(33-28(35)12-21)17-34-15-19(13-31)16-34/h5-12,14,18-19H,2-4,13,15-17H2,1H3. The Morgan fingerprint density at radius 3 is 2.81 bits per heavy atom. The molecule has 4 aromatic rings. The average Bonchev–Trinajstić information content (AvgIpc) is 3.18. The number of aromatic nitrogens is 3. The summed E-state index contributed by atoms with van der Waals surface area (Å²) in [6.45, 7) is 2.15. The van der Waals surface area contributed by atoms with Gasteiger partial charge in [0.25, 0.3) is 0 Å². The third kappa shape index (κ3) is 4.47. The van der Waals surface area contributed by atoms with Crippen molar-refractivity contribution in [3.05, 3.63) is 94.2 Å². The van der Waals surface area contributed by atoms with Gasteiger partial charge < -0.3 is 4.40 Å². The quantitative estimate of drug-likeness (QED) is 0.263. The van der Waals surface area contributed by atoms with Crippen LogP contribution in [0.1, 0.15) is 40.8 Å². The van der Waals surface area contributed by atoms with Gasteiger partial charge in [0.2, 0.25) is 0 Å². The summed E-state index contributed by atoms with van der Waals surface area (Å²) in [5, 5.41) is 0.680. The van der Waals surface area contributed by atoms with Gasteiger partial charge in [-0.2, -0.15) is 0 Å². The second-order valence-corrected chi connectivity index (χ2v) is 11.0. The zero-order valence-corrected chi connectivity index (χ0v) is 21.8. The highest BCUT2D eigenvalue weighted by Crippen LogP contribution is 2.42. The lowest BCUT2D eigenvalue weighted by Gasteiger charge is -2.37. The van der Waals surface area contributed by atoms with Crippen LogP contribution in [-0.4, -0.2) is 45.3 Å². The van der Waals surface area contributed by atoms with E-state index >= 15 is 0 Å². The lowest BCUT2D eigenvalue weighted by atomic mass is 9.88. The molecule has 1 aliphatic heterocycles. The van der Waals surface area contributed by atoms with Crippen molar-refractivity contribution in [1.29, 1.82) is 0 Å². The number of fused-ring (bicyclic) bond motifs is 2. The van der Waals surface area contributed by atoms with Crippen LogP contribution in [0.25, 0.3) is 16.8 Å². The van der Waals surface area contributed by atoms with Crippen molar-refractivity contribution in [2.75, 3.05) is 26.0 Å². The van der Waals surface area contributed by atoms with Gasteiger partial charge in [-0.1, -0.05) is 17.7 Å². The van der Waals surface area contributed by atoms with Gasteiger partial charge in [0.05, 0.1) is 17.4 Å². The summed E-state index contributed by atoms with van der Waals surface area (Å²) >= 11 is 8.46. The molecular formula is C29H28ClFN4S. The first-order valence-corrected chi connectivity index (χ1v) is 14.0. The highest BCUT2D eigenvalue weighted by molar-refractivity contribution is 7.98. The number of likely N-dealkylation sites (tertiary alicyclic amines) is 1. The molecule has 2 aliphatic rings. The maximum absolute atomic E-state index is 12.8. The summed E-state index contributed by atoms with van der Waals surface area (Å²) in [6, 6.07) is 13.2. The molecule has 0 bridgehead atoms. The minimum atomic E-state index is -0.232. The van der Waals surface area contributed by atoms with Gasteiger partial charge in [0, 0.05) is 55.2 Å². The van der Waals surface area contributed by atoms with E-state index in [2.05, 4.69) is 63.3 Å². The van der Waals surface area contributed by atoms with Crippen LogP contribution in [0.2, 0.25) is 5.02 Å². The van der Waals surface area contributed by atoms with E-state index in [1.165, 1.54) is 27.2 Å². The van der Waals surface area contributed by atoms with E-state index < -0.39 is 0 Å². The van der Waals surface area contributed by atoms with E-state index in [0.29, 0.717) is 5.02 Å². The lowest BCUT2D eigenvalue weighted by Crippen LogP contribution is -2.46. The Kier molecular flexibility index (Phi) is 6.59. The summed E-state index contributed by atoms with van der Waals surface area (Å²) < 4.78 is 14.9. The fourth-order valence-corrected chi connectivity index (χ4v) is 6.21. The summed E-state index contributed by atoms with van der Waals surface area (Å²) in [5.41, 5.74) is 9.25. The molecule has 0 saturated carbocycles. The summed E-state index contributed by atoms with van der Waals surface area (Å²) in [4.78, 5) is 12.7. The number of thioether (sulfide) groups is 1. The zero-order chi connectivity index (χ0) is 24.6. The van der Waals surface area contributed by atoms with Crippen molar-refractivity contribution in [2.45, 2.75) is 30.7 Å². The molecule has 4 nitrogen and oxygen atoms in total. The number of rotatable bonds is 6. The number of alkyl halides is 1. The van der Waals surface area contributed by atoms with E-state index in [1.54, 1.807) is 18.0 Å². The molecular weight excluding hydrogens is 491 g/mol. The van der Waals surface area contributed by atoms with E-state index in [4.69, 9.17) is 16.6 Å². The molecule has 184 valence electrons. The SMILES string of the molecule is CSc1ccc2c(c1)CCCC(c1ccncc1Cl)=C2c1ccn2cc(CN3CC(CF)C3)nc2c1. The van der Waals surface area contributed by atoms with Crippen molar-refractivity contribution >= 4 is 40.2 Å². The number of aryl methyl sites for hydroxylation is 1. The second-order valence-electron chi connectivity index (χ2n) is 9.71. The first-order chi connectivity index (χ1) is 17.6. The van der Waals surface area contributed by atoms with Gasteiger partial charge in [-0.3, -0.25) is 14.3 Å². The highest BCUT2D eigenvalue weighted by Gasteiger charge is 2.27. The van der Waals surface area contributed by atoms with Gasteiger partial charge in [-0.25, -0.2) is 4.98 Å². The number of halogens is 2. The number of nitrogens with zero attached hydrogens (tertiary/aromatic N) is 4. The normalized spacial score (nSPS) is 16.8. The van der Waals surface area contributed by atoms with E-state index in [0.717, 1.165) is 61.4 Å². The maximum Gasteiger partial charge on any atom is 0.137 e. The van der Waals surface area contributed by atoms with Crippen LogP contribution < -0.4 is 0 Å². The average molecular weight is 519 g/mol. The van der Waals surface area contributed by atoms with Gasteiger partial charge in [0.1, 0.15) is 5.65 Å². The number of benzene rings is 1. The molecule has 1 saturated heterocycles. The number of hydrogen-bond donors (Lipinski definition) is 0. The van der Waals surface area contributed by atoms with E-state index in [9.17, 15) is 4.39 Å². The molecule has 36 heavy (non-hydrogen) atoms. The molecule has 6 rings (SSSR count). The van der Waals surface area contributed by atoms with Crippen LogP contribution in [0.15, 0.2) is 66.1 Å². The Bertz CT molecular complexity index is 1460. The molecule has 0 unspecified atom stereocenters. The van der Waals surface area contributed by atoms with Crippen LogP contribution in [0, 0.1) is 5.92 Å². The van der Waals surface area contributed by atoms with Crippen LogP contribution in [0.3, 0.4) is 0 Å². The smallest absolute Gasteiger partial charge is 0.137 e. The molecule has 1 aromatic carbocycles. The number of pyridine rings is 2. The maximum atomic E-state index is 12.8. The van der Waals surface area contributed by atoms with E-state index in [1.807, 2.05) is 12.3 Å². The molecule has 1 aliphatic carbocycles. The molecule has 0 amide bonds. The van der Waals surface area contributed by atoms with Crippen molar-refractivity contribution in [3.63, 3.8) is 0 Å². The molecule has 1 fully saturated rings. The Morgan fingerprint density at radius 1 is 1.11 bits per heavy atom. The van der Waals surface area contributed by atoms with Gasteiger partial charge in [-0.05, 0) is 89.3 Å². The number of imidazole rings is 1. The minimum absolute atomic E-state index is 0.181. The third-order valence-corrected chi connectivity index (χ3v) is 8.32.